The number of fused-ring (bicyclic) bond motifs is 1. The monoisotopic (exact) mass is 291 g/mol. The van der Waals surface area contributed by atoms with Crippen molar-refractivity contribution in [1.82, 2.24) is 9.55 Å². The molecule has 0 bridgehead atoms. The standard InChI is InChI=1S/C13H14BrN3/c14-9-5-6-10(15)13(7-9)17-8-16-11-3-1-2-4-12(11)17/h5-8H,1-4,15H2. The van der Waals surface area contributed by atoms with Crippen LogP contribution in [0.25, 0.3) is 5.69 Å². The highest BCUT2D eigenvalue weighted by Crippen LogP contribution is 2.27. The van der Waals surface area contributed by atoms with Crippen molar-refractivity contribution < 1.29 is 0 Å². The molecule has 1 aromatic carbocycles. The minimum atomic E-state index is 0.791. The van der Waals surface area contributed by atoms with Crippen LogP contribution in [0.5, 0.6) is 0 Å². The topological polar surface area (TPSA) is 43.8 Å². The molecule has 1 aromatic heterocycles. The van der Waals surface area contributed by atoms with Crippen molar-refractivity contribution in [2.24, 2.45) is 0 Å². The molecule has 3 rings (SSSR count). The first kappa shape index (κ1) is 10.8. The Kier molecular flexibility index (Phi) is 2.67. The minimum Gasteiger partial charge on any atom is -0.397 e. The van der Waals surface area contributed by atoms with E-state index < -0.39 is 0 Å². The summed E-state index contributed by atoms with van der Waals surface area (Å²) in [5.41, 5.74) is 10.4. The predicted molar refractivity (Wildman–Crippen MR) is 72.3 cm³/mol. The van der Waals surface area contributed by atoms with E-state index in [0.717, 1.165) is 28.7 Å². The zero-order chi connectivity index (χ0) is 11.8. The number of hydrogen-bond donors (Lipinski definition) is 1. The first-order valence-corrected chi connectivity index (χ1v) is 6.65. The van der Waals surface area contributed by atoms with Crippen LogP contribution >= 0.6 is 15.9 Å². The molecular weight excluding hydrogens is 278 g/mol. The average Bonchev–Trinajstić information content (AvgIpc) is 2.76. The first-order valence-electron chi connectivity index (χ1n) is 5.86. The van der Waals surface area contributed by atoms with Crippen LogP contribution < -0.4 is 5.73 Å². The number of aromatic nitrogens is 2. The van der Waals surface area contributed by atoms with Crippen LogP contribution in [-0.4, -0.2) is 9.55 Å². The first-order chi connectivity index (χ1) is 8.25. The zero-order valence-corrected chi connectivity index (χ0v) is 11.1. The van der Waals surface area contributed by atoms with Crippen LogP contribution in [0.1, 0.15) is 24.2 Å². The Labute approximate surface area is 109 Å². The third-order valence-electron chi connectivity index (χ3n) is 3.28. The van der Waals surface area contributed by atoms with Crippen molar-refractivity contribution in [2.75, 3.05) is 5.73 Å². The summed E-state index contributed by atoms with van der Waals surface area (Å²) in [4.78, 5) is 4.50. The van der Waals surface area contributed by atoms with Crippen molar-refractivity contribution >= 4 is 21.6 Å². The maximum absolute atomic E-state index is 6.04. The molecule has 0 atom stereocenters. The summed E-state index contributed by atoms with van der Waals surface area (Å²) in [5, 5.41) is 0. The van der Waals surface area contributed by atoms with Gasteiger partial charge >= 0.3 is 0 Å². The van der Waals surface area contributed by atoms with Gasteiger partial charge in [-0.3, -0.25) is 0 Å². The van der Waals surface area contributed by atoms with E-state index in [1.54, 1.807) is 0 Å². The molecule has 88 valence electrons. The van der Waals surface area contributed by atoms with E-state index >= 15 is 0 Å². The van der Waals surface area contributed by atoms with Gasteiger partial charge in [0.25, 0.3) is 0 Å². The maximum Gasteiger partial charge on any atom is 0.0998 e. The summed E-state index contributed by atoms with van der Waals surface area (Å²) in [6.07, 6.45) is 6.58. The Morgan fingerprint density at radius 2 is 2.06 bits per heavy atom. The van der Waals surface area contributed by atoms with E-state index in [2.05, 4.69) is 25.5 Å². The molecular formula is C13H14BrN3. The molecule has 0 unspecified atom stereocenters. The molecule has 0 saturated heterocycles. The van der Waals surface area contributed by atoms with Crippen LogP contribution in [0.15, 0.2) is 29.0 Å². The summed E-state index contributed by atoms with van der Waals surface area (Å²) in [6, 6.07) is 5.93. The van der Waals surface area contributed by atoms with Gasteiger partial charge in [-0.15, -0.1) is 0 Å². The molecule has 0 saturated carbocycles. The van der Waals surface area contributed by atoms with Gasteiger partial charge in [-0.2, -0.15) is 0 Å². The number of benzene rings is 1. The van der Waals surface area contributed by atoms with Crippen molar-refractivity contribution in [1.29, 1.82) is 0 Å². The Hall–Kier alpha value is -1.29. The number of halogens is 1. The van der Waals surface area contributed by atoms with Crippen molar-refractivity contribution in [3.8, 4) is 5.69 Å². The number of aryl methyl sites for hydroxylation is 1. The molecule has 3 nitrogen and oxygen atoms in total. The Balaban J connectivity index is 2.15. The van der Waals surface area contributed by atoms with E-state index in [4.69, 9.17) is 5.73 Å². The Morgan fingerprint density at radius 1 is 1.24 bits per heavy atom. The number of hydrogen-bond acceptors (Lipinski definition) is 2. The van der Waals surface area contributed by atoms with Gasteiger partial charge in [0.05, 0.1) is 23.4 Å². The molecule has 0 aliphatic heterocycles. The van der Waals surface area contributed by atoms with E-state index in [1.165, 1.54) is 24.2 Å². The van der Waals surface area contributed by atoms with E-state index in [9.17, 15) is 0 Å². The van der Waals surface area contributed by atoms with Crippen molar-refractivity contribution in [3.63, 3.8) is 0 Å². The molecule has 0 amide bonds. The highest BCUT2D eigenvalue weighted by molar-refractivity contribution is 9.10. The zero-order valence-electron chi connectivity index (χ0n) is 9.49. The van der Waals surface area contributed by atoms with Crippen LogP contribution in [0.4, 0.5) is 5.69 Å². The number of nitrogen functional groups attached to an aromatic ring is 1. The summed E-state index contributed by atoms with van der Waals surface area (Å²) in [5.74, 6) is 0. The van der Waals surface area contributed by atoms with Gasteiger partial charge in [0, 0.05) is 10.2 Å². The van der Waals surface area contributed by atoms with Gasteiger partial charge in [-0.1, -0.05) is 15.9 Å². The van der Waals surface area contributed by atoms with E-state index in [-0.39, 0.29) is 0 Å². The molecule has 1 aliphatic carbocycles. The second-order valence-electron chi connectivity index (χ2n) is 4.42. The van der Waals surface area contributed by atoms with Gasteiger partial charge in [0.1, 0.15) is 0 Å². The minimum absolute atomic E-state index is 0.791. The third-order valence-corrected chi connectivity index (χ3v) is 3.78. The molecule has 4 heteroatoms. The highest BCUT2D eigenvalue weighted by Gasteiger charge is 2.17. The second-order valence-corrected chi connectivity index (χ2v) is 5.33. The Morgan fingerprint density at radius 3 is 2.94 bits per heavy atom. The lowest BCUT2D eigenvalue weighted by Gasteiger charge is -2.15. The number of nitrogens with zero attached hydrogens (tertiary/aromatic N) is 2. The summed E-state index contributed by atoms with van der Waals surface area (Å²) < 4.78 is 3.18. The van der Waals surface area contributed by atoms with Gasteiger partial charge in [-0.05, 0) is 43.9 Å². The molecule has 2 aromatic rings. The molecule has 1 heterocycles. The van der Waals surface area contributed by atoms with Gasteiger partial charge in [0.2, 0.25) is 0 Å². The van der Waals surface area contributed by atoms with Crippen LogP contribution in [0.3, 0.4) is 0 Å². The van der Waals surface area contributed by atoms with Crippen LogP contribution in [0, 0.1) is 0 Å². The lowest BCUT2D eigenvalue weighted by Crippen LogP contribution is -2.08. The molecule has 17 heavy (non-hydrogen) atoms. The van der Waals surface area contributed by atoms with E-state index in [1.807, 2.05) is 24.5 Å². The van der Waals surface area contributed by atoms with Gasteiger partial charge < -0.3 is 10.3 Å². The van der Waals surface area contributed by atoms with Gasteiger partial charge in [-0.25, -0.2) is 4.98 Å². The largest absolute Gasteiger partial charge is 0.397 e. The van der Waals surface area contributed by atoms with Crippen molar-refractivity contribution in [2.45, 2.75) is 25.7 Å². The number of nitrogens with two attached hydrogens (primary N) is 1. The number of anilines is 1. The van der Waals surface area contributed by atoms with Gasteiger partial charge in [0.15, 0.2) is 0 Å². The highest BCUT2D eigenvalue weighted by atomic mass is 79.9. The fourth-order valence-electron chi connectivity index (χ4n) is 2.40. The predicted octanol–water partition coefficient (Wildman–Crippen LogP) is 3.10. The van der Waals surface area contributed by atoms with Crippen LogP contribution in [0.2, 0.25) is 0 Å². The van der Waals surface area contributed by atoms with E-state index in [0.29, 0.717) is 0 Å². The molecule has 0 radical (unpaired) electrons. The smallest absolute Gasteiger partial charge is 0.0998 e. The van der Waals surface area contributed by atoms with Crippen molar-refractivity contribution in [3.05, 3.63) is 40.4 Å². The quantitative estimate of drug-likeness (QED) is 0.821. The Bertz CT molecular complexity index is 560. The summed E-state index contributed by atoms with van der Waals surface area (Å²) in [6.45, 7) is 0. The average molecular weight is 292 g/mol. The third kappa shape index (κ3) is 1.86. The maximum atomic E-state index is 6.04. The molecule has 0 spiro atoms. The molecule has 2 N–H and O–H groups in total. The summed E-state index contributed by atoms with van der Waals surface area (Å²) >= 11 is 3.49. The lowest BCUT2D eigenvalue weighted by atomic mass is 10.0. The second kappa shape index (κ2) is 4.18. The molecule has 0 fully saturated rings. The summed E-state index contributed by atoms with van der Waals surface area (Å²) in [7, 11) is 0. The molecule has 1 aliphatic rings. The number of rotatable bonds is 1. The normalized spacial score (nSPS) is 14.6. The fourth-order valence-corrected chi connectivity index (χ4v) is 2.75. The SMILES string of the molecule is Nc1ccc(Br)cc1-n1cnc2c1CCCC2. The lowest BCUT2D eigenvalue weighted by molar-refractivity contribution is 0.656. The fraction of sp³-hybridized carbons (Fsp3) is 0.308. The number of imidazole rings is 1. The van der Waals surface area contributed by atoms with Crippen LogP contribution in [-0.2, 0) is 12.8 Å².